The molecule has 0 heterocycles. The lowest BCUT2D eigenvalue weighted by atomic mass is 9.76. The van der Waals surface area contributed by atoms with E-state index in [0.29, 0.717) is 29.2 Å². The molecular weight excluding hydrogens is 390 g/mol. The first-order chi connectivity index (χ1) is 15.0. The second kappa shape index (κ2) is 12.0. The SMILES string of the molecule is CCCCCCCC(C#N)(C(=O)OCC)c1cccc(Oc2ccccc2C)c1OC. The first-order valence-corrected chi connectivity index (χ1v) is 11.0. The second-order valence-corrected chi connectivity index (χ2v) is 7.61. The van der Waals surface area contributed by atoms with E-state index in [1.54, 1.807) is 25.1 Å². The molecule has 0 saturated heterocycles. The van der Waals surface area contributed by atoms with E-state index in [0.717, 1.165) is 37.7 Å². The van der Waals surface area contributed by atoms with Crippen LogP contribution in [0, 0.1) is 18.3 Å². The molecule has 166 valence electrons. The van der Waals surface area contributed by atoms with E-state index in [2.05, 4.69) is 13.0 Å². The molecule has 2 aromatic rings. The number of nitriles is 1. The van der Waals surface area contributed by atoms with E-state index >= 15 is 0 Å². The molecule has 31 heavy (non-hydrogen) atoms. The van der Waals surface area contributed by atoms with E-state index in [-0.39, 0.29) is 6.61 Å². The van der Waals surface area contributed by atoms with Gasteiger partial charge in [0.15, 0.2) is 16.9 Å². The predicted molar refractivity (Wildman–Crippen MR) is 122 cm³/mol. The van der Waals surface area contributed by atoms with Crippen LogP contribution in [0.4, 0.5) is 0 Å². The molecule has 1 atom stereocenters. The van der Waals surface area contributed by atoms with Crippen LogP contribution < -0.4 is 9.47 Å². The molecule has 0 aliphatic heterocycles. The third-order valence-electron chi connectivity index (χ3n) is 5.43. The molecule has 0 saturated carbocycles. The number of aryl methyl sites for hydroxylation is 1. The van der Waals surface area contributed by atoms with Crippen molar-refractivity contribution in [2.75, 3.05) is 13.7 Å². The number of benzene rings is 2. The lowest BCUT2D eigenvalue weighted by Crippen LogP contribution is -2.36. The molecular formula is C26H33NO4. The van der Waals surface area contributed by atoms with Gasteiger partial charge in [0.25, 0.3) is 0 Å². The van der Waals surface area contributed by atoms with Crippen molar-refractivity contribution in [2.45, 2.75) is 64.7 Å². The van der Waals surface area contributed by atoms with Crippen LogP contribution in [0.3, 0.4) is 0 Å². The number of hydrogen-bond donors (Lipinski definition) is 0. The maximum Gasteiger partial charge on any atom is 0.331 e. The molecule has 0 amide bonds. The third-order valence-corrected chi connectivity index (χ3v) is 5.43. The van der Waals surface area contributed by atoms with Crippen molar-refractivity contribution >= 4 is 5.97 Å². The van der Waals surface area contributed by atoms with Gasteiger partial charge in [-0.1, -0.05) is 69.4 Å². The lowest BCUT2D eigenvalue weighted by molar-refractivity contribution is -0.148. The fourth-order valence-electron chi connectivity index (χ4n) is 3.69. The average Bonchev–Trinajstić information content (AvgIpc) is 2.78. The van der Waals surface area contributed by atoms with Crippen molar-refractivity contribution in [1.29, 1.82) is 5.26 Å². The zero-order valence-electron chi connectivity index (χ0n) is 19.1. The van der Waals surface area contributed by atoms with Gasteiger partial charge in [0.05, 0.1) is 19.8 Å². The van der Waals surface area contributed by atoms with Crippen LogP contribution in [-0.4, -0.2) is 19.7 Å². The number of para-hydroxylation sites is 2. The number of ether oxygens (including phenoxy) is 3. The molecule has 0 bridgehead atoms. The molecule has 0 spiro atoms. The van der Waals surface area contributed by atoms with Crippen LogP contribution in [0.2, 0.25) is 0 Å². The van der Waals surface area contributed by atoms with Gasteiger partial charge < -0.3 is 14.2 Å². The zero-order chi connectivity index (χ0) is 22.7. The van der Waals surface area contributed by atoms with Crippen molar-refractivity contribution in [1.82, 2.24) is 0 Å². The van der Waals surface area contributed by atoms with Gasteiger partial charge in [-0.3, -0.25) is 0 Å². The first kappa shape index (κ1) is 24.3. The number of hydrogen-bond acceptors (Lipinski definition) is 5. The Bertz CT molecular complexity index is 903. The number of esters is 1. The van der Waals surface area contributed by atoms with Gasteiger partial charge in [0, 0.05) is 5.56 Å². The summed E-state index contributed by atoms with van der Waals surface area (Å²) in [4.78, 5) is 13.1. The summed E-state index contributed by atoms with van der Waals surface area (Å²) >= 11 is 0. The maximum absolute atomic E-state index is 13.1. The minimum Gasteiger partial charge on any atom is -0.492 e. The smallest absolute Gasteiger partial charge is 0.331 e. The summed E-state index contributed by atoms with van der Waals surface area (Å²) < 4.78 is 17.2. The van der Waals surface area contributed by atoms with Crippen molar-refractivity contribution in [3.63, 3.8) is 0 Å². The largest absolute Gasteiger partial charge is 0.492 e. The number of carbonyl (C=O) groups excluding carboxylic acids is 1. The molecule has 0 aromatic heterocycles. The molecule has 2 rings (SSSR count). The summed E-state index contributed by atoms with van der Waals surface area (Å²) in [5.74, 6) is 0.994. The number of unbranched alkanes of at least 4 members (excludes halogenated alkanes) is 4. The molecule has 1 unspecified atom stereocenters. The van der Waals surface area contributed by atoms with Gasteiger partial charge in [-0.05, 0) is 38.0 Å². The monoisotopic (exact) mass is 423 g/mol. The van der Waals surface area contributed by atoms with Gasteiger partial charge in [0.2, 0.25) is 0 Å². The van der Waals surface area contributed by atoms with Crippen LogP contribution in [-0.2, 0) is 14.9 Å². The molecule has 0 radical (unpaired) electrons. The number of nitrogens with zero attached hydrogens (tertiary/aromatic N) is 1. The quantitative estimate of drug-likeness (QED) is 0.289. The predicted octanol–water partition coefficient (Wildman–Crippen LogP) is 6.48. The summed E-state index contributed by atoms with van der Waals surface area (Å²) in [6, 6.07) is 15.3. The van der Waals surface area contributed by atoms with E-state index in [4.69, 9.17) is 14.2 Å². The van der Waals surface area contributed by atoms with E-state index in [1.165, 1.54) is 7.11 Å². The van der Waals surface area contributed by atoms with Gasteiger partial charge >= 0.3 is 5.97 Å². The highest BCUT2D eigenvalue weighted by Crippen LogP contribution is 2.43. The van der Waals surface area contributed by atoms with E-state index in [1.807, 2.05) is 31.2 Å². The van der Waals surface area contributed by atoms with Crippen LogP contribution in [0.5, 0.6) is 17.2 Å². The molecule has 5 nitrogen and oxygen atoms in total. The summed E-state index contributed by atoms with van der Waals surface area (Å²) in [6.07, 6.45) is 5.43. The first-order valence-electron chi connectivity index (χ1n) is 11.0. The fourth-order valence-corrected chi connectivity index (χ4v) is 3.69. The van der Waals surface area contributed by atoms with Crippen molar-refractivity contribution in [3.05, 3.63) is 53.6 Å². The van der Waals surface area contributed by atoms with Crippen molar-refractivity contribution < 1.29 is 19.0 Å². The summed E-state index contributed by atoms with van der Waals surface area (Å²) in [6.45, 7) is 6.07. The van der Waals surface area contributed by atoms with Crippen LogP contribution >= 0.6 is 0 Å². The standard InChI is InChI=1S/C26H33NO4/c1-5-7-8-9-12-18-26(19-27,25(28)30-6-2)21-15-13-17-23(24(21)29-4)31-22-16-11-10-14-20(22)3/h10-11,13-17H,5-9,12,18H2,1-4H3. The molecule has 0 N–H and O–H groups in total. The molecule has 0 aliphatic carbocycles. The van der Waals surface area contributed by atoms with Gasteiger partial charge in [0.1, 0.15) is 5.75 Å². The van der Waals surface area contributed by atoms with E-state index in [9.17, 15) is 10.1 Å². The maximum atomic E-state index is 13.1. The van der Waals surface area contributed by atoms with Crippen molar-refractivity contribution in [3.8, 4) is 23.3 Å². The third kappa shape index (κ3) is 5.79. The molecule has 2 aromatic carbocycles. The van der Waals surface area contributed by atoms with Gasteiger partial charge in [-0.15, -0.1) is 0 Å². The molecule has 0 fully saturated rings. The number of carbonyl (C=O) groups is 1. The fraction of sp³-hybridized carbons (Fsp3) is 0.462. The Labute approximate surface area is 185 Å². The Morgan fingerprint density at radius 3 is 2.35 bits per heavy atom. The van der Waals surface area contributed by atoms with Crippen molar-refractivity contribution in [2.24, 2.45) is 0 Å². The average molecular weight is 424 g/mol. The highest BCUT2D eigenvalue weighted by Gasteiger charge is 2.44. The number of methoxy groups -OCH3 is 1. The lowest BCUT2D eigenvalue weighted by Gasteiger charge is -2.27. The van der Waals surface area contributed by atoms with Gasteiger partial charge in [-0.25, -0.2) is 4.79 Å². The normalized spacial score (nSPS) is 12.5. The second-order valence-electron chi connectivity index (χ2n) is 7.61. The Hall–Kier alpha value is -3.00. The summed E-state index contributed by atoms with van der Waals surface area (Å²) in [5.41, 5.74) is 0.0129. The highest BCUT2D eigenvalue weighted by molar-refractivity contribution is 5.88. The minimum absolute atomic E-state index is 0.208. The Morgan fingerprint density at radius 2 is 1.71 bits per heavy atom. The molecule has 5 heteroatoms. The Morgan fingerprint density at radius 1 is 1.00 bits per heavy atom. The summed E-state index contributed by atoms with van der Waals surface area (Å²) in [5, 5.41) is 10.2. The summed E-state index contributed by atoms with van der Waals surface area (Å²) in [7, 11) is 1.53. The van der Waals surface area contributed by atoms with E-state index < -0.39 is 11.4 Å². The topological polar surface area (TPSA) is 68.6 Å². The van der Waals surface area contributed by atoms with Gasteiger partial charge in [-0.2, -0.15) is 5.26 Å². The zero-order valence-corrected chi connectivity index (χ0v) is 19.1. The minimum atomic E-state index is -1.45. The van der Waals surface area contributed by atoms with Crippen LogP contribution in [0.15, 0.2) is 42.5 Å². The Kier molecular flexibility index (Phi) is 9.40. The molecule has 0 aliphatic rings. The number of rotatable bonds is 12. The van der Waals surface area contributed by atoms with Crippen LogP contribution in [0.1, 0.15) is 63.5 Å². The highest BCUT2D eigenvalue weighted by atomic mass is 16.5. The van der Waals surface area contributed by atoms with Crippen LogP contribution in [0.25, 0.3) is 0 Å². The Balaban J connectivity index is 2.48.